The van der Waals surface area contributed by atoms with Gasteiger partial charge in [-0.1, -0.05) is 44.2 Å². The standard InChI is InChI=1S/C25H29FN4O3S/c1-3-29(4-2)34(32,33)19-13-14-22(26)20(15-19)25(31)28-23-11-8-12-24-21(23)16-27-30(24)17-18-9-6-5-7-10-18/h5-7,9-10,13-16,23H,3-4,8,11-12,17H2,1-2H3,(H,28,31). The number of sulfonamides is 1. The highest BCUT2D eigenvalue weighted by Gasteiger charge is 2.28. The van der Waals surface area contributed by atoms with E-state index in [9.17, 15) is 17.6 Å². The van der Waals surface area contributed by atoms with Crippen molar-refractivity contribution in [3.8, 4) is 0 Å². The second-order valence-electron chi connectivity index (χ2n) is 8.34. The molecule has 0 saturated carbocycles. The van der Waals surface area contributed by atoms with Gasteiger partial charge in [0.2, 0.25) is 10.0 Å². The summed E-state index contributed by atoms with van der Waals surface area (Å²) in [6.07, 6.45) is 4.17. The van der Waals surface area contributed by atoms with Crippen LogP contribution in [0.3, 0.4) is 0 Å². The fraction of sp³-hybridized carbons (Fsp3) is 0.360. The number of hydrogen-bond acceptors (Lipinski definition) is 4. The molecule has 180 valence electrons. The van der Waals surface area contributed by atoms with E-state index in [0.717, 1.165) is 41.8 Å². The molecule has 1 unspecified atom stereocenters. The van der Waals surface area contributed by atoms with Crippen molar-refractivity contribution in [2.75, 3.05) is 13.1 Å². The predicted molar refractivity (Wildman–Crippen MR) is 127 cm³/mol. The summed E-state index contributed by atoms with van der Waals surface area (Å²) in [5.74, 6) is -1.39. The number of carbonyl (C=O) groups is 1. The molecule has 1 amide bonds. The summed E-state index contributed by atoms with van der Waals surface area (Å²) in [6, 6.07) is 13.1. The van der Waals surface area contributed by atoms with E-state index in [-0.39, 0.29) is 29.6 Å². The van der Waals surface area contributed by atoms with E-state index in [2.05, 4.69) is 10.4 Å². The summed E-state index contributed by atoms with van der Waals surface area (Å²) in [7, 11) is -3.81. The van der Waals surface area contributed by atoms with Gasteiger partial charge in [-0.25, -0.2) is 12.8 Å². The quantitative estimate of drug-likeness (QED) is 0.526. The molecule has 4 rings (SSSR count). The van der Waals surface area contributed by atoms with Crippen LogP contribution >= 0.6 is 0 Å². The monoisotopic (exact) mass is 484 g/mol. The molecule has 0 aliphatic heterocycles. The largest absolute Gasteiger partial charge is 0.345 e. The lowest BCUT2D eigenvalue weighted by atomic mass is 9.92. The average molecular weight is 485 g/mol. The molecule has 2 aromatic carbocycles. The molecule has 1 N–H and O–H groups in total. The van der Waals surface area contributed by atoms with E-state index in [1.165, 1.54) is 10.4 Å². The Morgan fingerprint density at radius 2 is 1.91 bits per heavy atom. The van der Waals surface area contributed by atoms with Crippen molar-refractivity contribution in [1.29, 1.82) is 0 Å². The fourth-order valence-electron chi connectivity index (χ4n) is 4.45. The number of benzene rings is 2. The van der Waals surface area contributed by atoms with Crippen LogP contribution in [0, 0.1) is 5.82 Å². The van der Waals surface area contributed by atoms with Crippen LogP contribution in [0.15, 0.2) is 59.6 Å². The number of halogens is 1. The number of hydrogen-bond donors (Lipinski definition) is 1. The maximum Gasteiger partial charge on any atom is 0.254 e. The number of nitrogens with zero attached hydrogens (tertiary/aromatic N) is 3. The topological polar surface area (TPSA) is 84.3 Å². The van der Waals surface area contributed by atoms with Gasteiger partial charge in [-0.15, -0.1) is 0 Å². The SMILES string of the molecule is CCN(CC)S(=O)(=O)c1ccc(F)c(C(=O)NC2CCCc3c2cnn3Cc2ccccc2)c1. The number of nitrogens with one attached hydrogen (secondary N) is 1. The lowest BCUT2D eigenvalue weighted by Crippen LogP contribution is -2.33. The van der Waals surface area contributed by atoms with Crippen LogP contribution in [0.5, 0.6) is 0 Å². The van der Waals surface area contributed by atoms with Gasteiger partial charge in [0, 0.05) is 24.3 Å². The highest BCUT2D eigenvalue weighted by molar-refractivity contribution is 7.89. The van der Waals surface area contributed by atoms with Crippen molar-refractivity contribution in [2.24, 2.45) is 0 Å². The minimum absolute atomic E-state index is 0.0947. The van der Waals surface area contributed by atoms with E-state index in [4.69, 9.17) is 0 Å². The second-order valence-corrected chi connectivity index (χ2v) is 10.3. The molecule has 0 bridgehead atoms. The third-order valence-corrected chi connectivity index (χ3v) is 8.31. The van der Waals surface area contributed by atoms with Crippen LogP contribution in [-0.4, -0.2) is 41.5 Å². The number of carbonyl (C=O) groups excluding carboxylic acids is 1. The predicted octanol–water partition coefficient (Wildman–Crippen LogP) is 3.91. The molecule has 7 nitrogen and oxygen atoms in total. The molecule has 1 atom stereocenters. The van der Waals surface area contributed by atoms with Crippen LogP contribution in [0.4, 0.5) is 4.39 Å². The summed E-state index contributed by atoms with van der Waals surface area (Å²) >= 11 is 0. The molecule has 1 aliphatic carbocycles. The third kappa shape index (κ3) is 4.76. The summed E-state index contributed by atoms with van der Waals surface area (Å²) in [6.45, 7) is 4.68. The van der Waals surface area contributed by atoms with Crippen LogP contribution < -0.4 is 5.32 Å². The van der Waals surface area contributed by atoms with Gasteiger partial charge in [0.05, 0.1) is 29.2 Å². The number of fused-ring (bicyclic) bond motifs is 1. The summed E-state index contributed by atoms with van der Waals surface area (Å²) < 4.78 is 43.5. The zero-order valence-corrected chi connectivity index (χ0v) is 20.2. The lowest BCUT2D eigenvalue weighted by molar-refractivity contribution is 0.0928. The van der Waals surface area contributed by atoms with Crippen molar-refractivity contribution >= 4 is 15.9 Å². The molecule has 0 radical (unpaired) electrons. The first kappa shape index (κ1) is 24.1. The molecule has 0 fully saturated rings. The third-order valence-electron chi connectivity index (χ3n) is 6.27. The molecule has 1 heterocycles. The van der Waals surface area contributed by atoms with Gasteiger partial charge in [0.25, 0.3) is 5.91 Å². The zero-order chi connectivity index (χ0) is 24.3. The molecular weight excluding hydrogens is 455 g/mol. The van der Waals surface area contributed by atoms with E-state index >= 15 is 0 Å². The number of aromatic nitrogens is 2. The van der Waals surface area contributed by atoms with Gasteiger partial charge in [-0.3, -0.25) is 9.48 Å². The van der Waals surface area contributed by atoms with Crippen molar-refractivity contribution < 1.29 is 17.6 Å². The van der Waals surface area contributed by atoms with Crippen LogP contribution in [0.1, 0.15) is 59.9 Å². The maximum absolute atomic E-state index is 14.6. The van der Waals surface area contributed by atoms with Crippen molar-refractivity contribution in [3.63, 3.8) is 0 Å². The van der Waals surface area contributed by atoms with Crippen LogP contribution in [0.25, 0.3) is 0 Å². The Hall–Kier alpha value is -3.04. The lowest BCUT2D eigenvalue weighted by Gasteiger charge is -2.24. The van der Waals surface area contributed by atoms with Crippen LogP contribution in [0.2, 0.25) is 0 Å². The Balaban J connectivity index is 1.57. The first-order valence-corrected chi connectivity index (χ1v) is 13.0. The number of rotatable bonds is 8. The minimum Gasteiger partial charge on any atom is -0.345 e. The molecule has 34 heavy (non-hydrogen) atoms. The van der Waals surface area contributed by atoms with Gasteiger partial charge in [-0.05, 0) is 43.0 Å². The molecule has 1 aliphatic rings. The smallest absolute Gasteiger partial charge is 0.254 e. The summed E-state index contributed by atoms with van der Waals surface area (Å²) in [5.41, 5.74) is 2.83. The van der Waals surface area contributed by atoms with Gasteiger partial charge in [-0.2, -0.15) is 9.40 Å². The Labute approximate surface area is 199 Å². The van der Waals surface area contributed by atoms with Crippen molar-refractivity contribution in [2.45, 2.75) is 50.6 Å². The molecule has 0 saturated heterocycles. The van der Waals surface area contributed by atoms with Crippen molar-refractivity contribution in [3.05, 3.63) is 82.9 Å². The van der Waals surface area contributed by atoms with E-state index in [0.29, 0.717) is 13.0 Å². The molecular formula is C25H29FN4O3S. The molecule has 1 aromatic heterocycles. The Morgan fingerprint density at radius 1 is 1.18 bits per heavy atom. The van der Waals surface area contributed by atoms with Gasteiger partial charge >= 0.3 is 0 Å². The van der Waals surface area contributed by atoms with Gasteiger partial charge < -0.3 is 5.32 Å². The highest BCUT2D eigenvalue weighted by Crippen LogP contribution is 2.30. The highest BCUT2D eigenvalue weighted by atomic mass is 32.2. The molecule has 9 heteroatoms. The van der Waals surface area contributed by atoms with Gasteiger partial charge in [0.1, 0.15) is 5.82 Å². The van der Waals surface area contributed by atoms with E-state index < -0.39 is 21.7 Å². The number of amides is 1. The average Bonchev–Trinajstić information content (AvgIpc) is 3.24. The summed E-state index contributed by atoms with van der Waals surface area (Å²) in [5, 5.41) is 7.44. The Bertz CT molecular complexity index is 1270. The maximum atomic E-state index is 14.6. The Kier molecular flexibility index (Phi) is 7.13. The van der Waals surface area contributed by atoms with Crippen LogP contribution in [-0.2, 0) is 23.0 Å². The van der Waals surface area contributed by atoms with E-state index in [1.54, 1.807) is 20.0 Å². The molecule has 3 aromatic rings. The van der Waals surface area contributed by atoms with Crippen molar-refractivity contribution in [1.82, 2.24) is 19.4 Å². The second kappa shape index (κ2) is 10.1. The minimum atomic E-state index is -3.81. The fourth-order valence-corrected chi connectivity index (χ4v) is 5.93. The zero-order valence-electron chi connectivity index (χ0n) is 19.4. The first-order valence-electron chi connectivity index (χ1n) is 11.5. The molecule has 0 spiro atoms. The summed E-state index contributed by atoms with van der Waals surface area (Å²) in [4.78, 5) is 12.9. The van der Waals surface area contributed by atoms with Gasteiger partial charge in [0.15, 0.2) is 0 Å². The Morgan fingerprint density at radius 3 is 2.62 bits per heavy atom. The first-order chi connectivity index (χ1) is 16.3. The normalized spacial score (nSPS) is 15.8. The van der Waals surface area contributed by atoms with E-state index in [1.807, 2.05) is 35.0 Å².